The quantitative estimate of drug-likeness (QED) is 0.863. The molecule has 1 aliphatic rings. The van der Waals surface area contributed by atoms with Crippen molar-refractivity contribution in [1.29, 1.82) is 0 Å². The third kappa shape index (κ3) is 4.17. The van der Waals surface area contributed by atoms with Crippen LogP contribution >= 0.6 is 11.3 Å². The van der Waals surface area contributed by atoms with Gasteiger partial charge >= 0.3 is 0 Å². The van der Waals surface area contributed by atoms with Crippen molar-refractivity contribution in [3.63, 3.8) is 0 Å². The summed E-state index contributed by atoms with van der Waals surface area (Å²) in [7, 11) is 0. The van der Waals surface area contributed by atoms with Gasteiger partial charge in [-0.2, -0.15) is 0 Å². The van der Waals surface area contributed by atoms with Crippen molar-refractivity contribution < 1.29 is 9.59 Å². The van der Waals surface area contributed by atoms with Crippen molar-refractivity contribution in [2.45, 2.75) is 26.3 Å². The smallest absolute Gasteiger partial charge is 0.225 e. The van der Waals surface area contributed by atoms with Crippen molar-refractivity contribution in [2.24, 2.45) is 5.92 Å². The Morgan fingerprint density at radius 3 is 3.04 bits per heavy atom. The molecule has 1 fully saturated rings. The van der Waals surface area contributed by atoms with E-state index in [1.165, 1.54) is 0 Å². The second kappa shape index (κ2) is 7.53. The lowest BCUT2D eigenvalue weighted by Crippen LogP contribution is -2.34. The zero-order valence-electron chi connectivity index (χ0n) is 13.6. The van der Waals surface area contributed by atoms with Gasteiger partial charge in [-0.1, -0.05) is 6.07 Å². The van der Waals surface area contributed by atoms with E-state index in [4.69, 9.17) is 0 Å². The lowest BCUT2D eigenvalue weighted by Gasteiger charge is -2.16. The van der Waals surface area contributed by atoms with Gasteiger partial charge in [0, 0.05) is 43.2 Å². The molecule has 7 heteroatoms. The van der Waals surface area contributed by atoms with Crippen molar-refractivity contribution in [3.8, 4) is 0 Å². The third-order valence-electron chi connectivity index (χ3n) is 3.97. The molecular formula is C17H20N4O2S. The third-order valence-corrected chi connectivity index (χ3v) is 5.00. The Morgan fingerprint density at radius 1 is 1.46 bits per heavy atom. The predicted molar refractivity (Wildman–Crippen MR) is 91.3 cm³/mol. The van der Waals surface area contributed by atoms with Gasteiger partial charge in [0.05, 0.1) is 23.2 Å². The summed E-state index contributed by atoms with van der Waals surface area (Å²) in [5.74, 6) is -0.323. The molecule has 126 valence electrons. The minimum absolute atomic E-state index is 0.0105. The first kappa shape index (κ1) is 16.6. The Morgan fingerprint density at radius 2 is 2.33 bits per heavy atom. The average molecular weight is 344 g/mol. The molecular weight excluding hydrogens is 324 g/mol. The van der Waals surface area contributed by atoms with E-state index in [-0.39, 0.29) is 24.2 Å². The number of pyridine rings is 1. The summed E-state index contributed by atoms with van der Waals surface area (Å²) >= 11 is 1.60. The van der Waals surface area contributed by atoms with Crippen LogP contribution in [-0.2, 0) is 22.6 Å². The molecule has 2 amide bonds. The van der Waals surface area contributed by atoms with Crippen LogP contribution in [0, 0.1) is 12.8 Å². The Hall–Kier alpha value is -2.28. The number of thiazole rings is 1. The van der Waals surface area contributed by atoms with E-state index >= 15 is 0 Å². The van der Waals surface area contributed by atoms with Crippen molar-refractivity contribution in [2.75, 3.05) is 13.1 Å². The van der Waals surface area contributed by atoms with E-state index in [9.17, 15) is 9.59 Å². The minimum Gasteiger partial charge on any atom is -0.355 e. The first-order valence-electron chi connectivity index (χ1n) is 7.98. The molecule has 2 aromatic heterocycles. The van der Waals surface area contributed by atoms with E-state index in [0.29, 0.717) is 19.6 Å². The maximum absolute atomic E-state index is 12.3. The largest absolute Gasteiger partial charge is 0.355 e. The molecule has 3 heterocycles. The summed E-state index contributed by atoms with van der Waals surface area (Å²) in [5.41, 5.74) is 1.85. The normalized spacial score (nSPS) is 17.3. The molecule has 0 radical (unpaired) electrons. The fraction of sp³-hybridized carbons (Fsp3) is 0.412. The Bertz CT molecular complexity index is 716. The number of aromatic nitrogens is 2. The number of rotatable bonds is 6. The number of likely N-dealkylation sites (tertiary alicyclic amines) is 1. The summed E-state index contributed by atoms with van der Waals surface area (Å²) in [6.45, 7) is 3.43. The zero-order chi connectivity index (χ0) is 16.9. The first-order chi connectivity index (χ1) is 11.6. The van der Waals surface area contributed by atoms with Crippen LogP contribution in [0.3, 0.4) is 0 Å². The molecule has 0 unspecified atom stereocenters. The second-order valence-electron chi connectivity index (χ2n) is 5.92. The number of hydrogen-bond acceptors (Lipinski definition) is 5. The fourth-order valence-corrected chi connectivity index (χ4v) is 3.52. The maximum Gasteiger partial charge on any atom is 0.225 e. The molecule has 0 aromatic carbocycles. The lowest BCUT2D eigenvalue weighted by molar-refractivity contribution is -0.129. The number of carbonyl (C=O) groups is 2. The van der Waals surface area contributed by atoms with Crippen LogP contribution in [0.4, 0.5) is 0 Å². The molecule has 1 aliphatic heterocycles. The van der Waals surface area contributed by atoms with Crippen LogP contribution in [0.5, 0.6) is 0 Å². The molecule has 1 saturated heterocycles. The molecule has 1 atom stereocenters. The summed E-state index contributed by atoms with van der Waals surface area (Å²) in [6, 6.07) is 5.62. The van der Waals surface area contributed by atoms with Crippen LogP contribution in [0.2, 0.25) is 0 Å². The Kier molecular flexibility index (Phi) is 5.20. The Labute approximate surface area is 144 Å². The summed E-state index contributed by atoms with van der Waals surface area (Å²) < 4.78 is 0. The van der Waals surface area contributed by atoms with Gasteiger partial charge in [0.2, 0.25) is 11.8 Å². The lowest BCUT2D eigenvalue weighted by atomic mass is 10.1. The van der Waals surface area contributed by atoms with E-state index in [2.05, 4.69) is 15.3 Å². The number of nitrogens with one attached hydrogen (secondary N) is 1. The highest BCUT2D eigenvalue weighted by molar-refractivity contribution is 7.09. The van der Waals surface area contributed by atoms with E-state index in [1.807, 2.05) is 30.5 Å². The van der Waals surface area contributed by atoms with Crippen LogP contribution in [0.25, 0.3) is 0 Å². The van der Waals surface area contributed by atoms with Gasteiger partial charge in [0.25, 0.3) is 0 Å². The van der Waals surface area contributed by atoms with Crippen LogP contribution in [-0.4, -0.2) is 39.8 Å². The van der Waals surface area contributed by atoms with Gasteiger partial charge in [-0.05, 0) is 19.1 Å². The molecule has 6 nitrogen and oxygen atoms in total. The SMILES string of the molecule is Cc1csc(CCNC(=O)[C@@H]2CC(=O)N(Cc3ccccn3)C2)n1. The van der Waals surface area contributed by atoms with Crippen molar-refractivity contribution in [3.05, 3.63) is 46.2 Å². The molecule has 0 aliphatic carbocycles. The van der Waals surface area contributed by atoms with E-state index in [0.717, 1.165) is 22.8 Å². The van der Waals surface area contributed by atoms with Gasteiger partial charge in [0.1, 0.15) is 0 Å². The fourth-order valence-electron chi connectivity index (χ4n) is 2.74. The predicted octanol–water partition coefficient (Wildman–Crippen LogP) is 1.55. The monoisotopic (exact) mass is 344 g/mol. The van der Waals surface area contributed by atoms with Gasteiger partial charge < -0.3 is 10.2 Å². The second-order valence-corrected chi connectivity index (χ2v) is 6.86. The molecule has 0 bridgehead atoms. The van der Waals surface area contributed by atoms with Crippen LogP contribution < -0.4 is 5.32 Å². The standard InChI is InChI=1S/C17H20N4O2S/c1-12-11-24-15(20-12)5-7-19-17(23)13-8-16(22)21(9-13)10-14-4-2-3-6-18-14/h2-4,6,11,13H,5,7-10H2,1H3,(H,19,23)/t13-/m1/s1. The average Bonchev–Trinajstić information content (AvgIpc) is 3.15. The van der Waals surface area contributed by atoms with Crippen molar-refractivity contribution in [1.82, 2.24) is 20.2 Å². The molecule has 1 N–H and O–H groups in total. The van der Waals surface area contributed by atoms with E-state index in [1.54, 1.807) is 22.4 Å². The maximum atomic E-state index is 12.3. The molecule has 0 saturated carbocycles. The number of amides is 2. The number of carbonyl (C=O) groups excluding carboxylic acids is 2. The summed E-state index contributed by atoms with van der Waals surface area (Å²) in [4.78, 5) is 34.7. The highest BCUT2D eigenvalue weighted by Crippen LogP contribution is 2.20. The summed E-state index contributed by atoms with van der Waals surface area (Å²) in [5, 5.41) is 5.94. The topological polar surface area (TPSA) is 75.2 Å². The Balaban J connectivity index is 1.47. The van der Waals surface area contributed by atoms with Gasteiger partial charge in [-0.3, -0.25) is 14.6 Å². The van der Waals surface area contributed by atoms with Gasteiger partial charge in [0.15, 0.2) is 0 Å². The zero-order valence-corrected chi connectivity index (χ0v) is 14.4. The van der Waals surface area contributed by atoms with Gasteiger partial charge in [-0.25, -0.2) is 4.98 Å². The highest BCUT2D eigenvalue weighted by atomic mass is 32.1. The van der Waals surface area contributed by atoms with Gasteiger partial charge in [-0.15, -0.1) is 11.3 Å². The highest BCUT2D eigenvalue weighted by Gasteiger charge is 2.34. The van der Waals surface area contributed by atoms with Crippen molar-refractivity contribution >= 4 is 23.2 Å². The number of nitrogens with zero attached hydrogens (tertiary/aromatic N) is 3. The first-order valence-corrected chi connectivity index (χ1v) is 8.86. The molecule has 24 heavy (non-hydrogen) atoms. The minimum atomic E-state index is -0.278. The van der Waals surface area contributed by atoms with Crippen LogP contribution in [0.1, 0.15) is 22.8 Å². The molecule has 2 aromatic rings. The van der Waals surface area contributed by atoms with Crippen LogP contribution in [0.15, 0.2) is 29.8 Å². The summed E-state index contributed by atoms with van der Waals surface area (Å²) in [6.07, 6.45) is 2.71. The number of aryl methyl sites for hydroxylation is 1. The number of hydrogen-bond donors (Lipinski definition) is 1. The molecule has 3 rings (SSSR count). The molecule has 0 spiro atoms. The van der Waals surface area contributed by atoms with E-state index < -0.39 is 0 Å².